The van der Waals surface area contributed by atoms with Crippen molar-refractivity contribution in [3.05, 3.63) is 45.9 Å². The van der Waals surface area contributed by atoms with Crippen LogP contribution in [-0.2, 0) is 21.6 Å². The van der Waals surface area contributed by atoms with E-state index in [2.05, 4.69) is 43.0 Å². The normalized spacial score (nSPS) is 19.0. The summed E-state index contributed by atoms with van der Waals surface area (Å²) in [6, 6.07) is 5.90. The molecule has 2 fully saturated rings. The fourth-order valence-electron chi connectivity index (χ4n) is 5.30. The van der Waals surface area contributed by atoms with Gasteiger partial charge in [-0.2, -0.15) is 0 Å². The molecule has 2 aliphatic heterocycles. The molecular formula is C31H45N5O4S. The van der Waals surface area contributed by atoms with Crippen LogP contribution in [0, 0.1) is 5.92 Å². The van der Waals surface area contributed by atoms with E-state index in [1.165, 1.54) is 0 Å². The first-order chi connectivity index (χ1) is 19.4. The summed E-state index contributed by atoms with van der Waals surface area (Å²) in [7, 11) is 2.05. The van der Waals surface area contributed by atoms with Crippen LogP contribution in [0.25, 0.3) is 0 Å². The van der Waals surface area contributed by atoms with Crippen LogP contribution >= 0.6 is 11.3 Å². The fourth-order valence-corrected chi connectivity index (χ4v) is 6.19. The Kier molecular flexibility index (Phi) is 10.1. The van der Waals surface area contributed by atoms with Crippen molar-refractivity contribution in [3.8, 4) is 5.75 Å². The minimum Gasteiger partial charge on any atom is -0.487 e. The van der Waals surface area contributed by atoms with Crippen molar-refractivity contribution in [1.82, 2.24) is 25.0 Å². The van der Waals surface area contributed by atoms with E-state index in [9.17, 15) is 14.4 Å². The molecule has 2 aromatic rings. The Balaban J connectivity index is 1.45. The molecule has 0 saturated carbocycles. The van der Waals surface area contributed by atoms with Gasteiger partial charge in [0, 0.05) is 44.3 Å². The number of likely N-dealkylation sites (N-methyl/N-ethyl adjacent to an activating group) is 1. The molecule has 1 aromatic carbocycles. The van der Waals surface area contributed by atoms with Gasteiger partial charge in [-0.3, -0.25) is 14.4 Å². The van der Waals surface area contributed by atoms with Crippen molar-refractivity contribution in [2.24, 2.45) is 5.92 Å². The van der Waals surface area contributed by atoms with Gasteiger partial charge in [-0.1, -0.05) is 46.8 Å². The van der Waals surface area contributed by atoms with Gasteiger partial charge >= 0.3 is 0 Å². The average Bonchev–Trinajstić information content (AvgIpc) is 3.61. The Bertz CT molecular complexity index is 1220. The van der Waals surface area contributed by atoms with Crippen LogP contribution in [0.2, 0.25) is 0 Å². The third-order valence-electron chi connectivity index (χ3n) is 7.64. The third-order valence-corrected chi connectivity index (χ3v) is 9.04. The van der Waals surface area contributed by atoms with Crippen molar-refractivity contribution < 1.29 is 19.1 Å². The van der Waals surface area contributed by atoms with E-state index in [-0.39, 0.29) is 29.1 Å². The molecule has 0 unspecified atom stereocenters. The molecule has 10 heteroatoms. The number of carbonyl (C=O) groups excluding carboxylic acids is 3. The lowest BCUT2D eigenvalue weighted by Crippen LogP contribution is -2.56. The number of nitrogens with one attached hydrogen (secondary N) is 1. The summed E-state index contributed by atoms with van der Waals surface area (Å²) in [5, 5.41) is 4.03. The molecule has 0 spiro atoms. The molecule has 3 heterocycles. The van der Waals surface area contributed by atoms with E-state index in [1.807, 2.05) is 31.0 Å². The molecule has 9 nitrogen and oxygen atoms in total. The SMILES string of the molecule is CC(C)C[C@@H](NC(=O)c1ccccc1OCc1cnc(C(C)(C)C)s1)C(=O)N1CCC[C@@H]1C(=O)N1CCN(C)CC1. The maximum Gasteiger partial charge on any atom is 0.255 e. The van der Waals surface area contributed by atoms with E-state index in [1.54, 1.807) is 34.4 Å². The predicted octanol–water partition coefficient (Wildman–Crippen LogP) is 3.93. The first-order valence-electron chi connectivity index (χ1n) is 14.7. The zero-order chi connectivity index (χ0) is 29.7. The van der Waals surface area contributed by atoms with E-state index in [0.29, 0.717) is 50.4 Å². The van der Waals surface area contributed by atoms with Crippen molar-refractivity contribution in [1.29, 1.82) is 0 Å². The summed E-state index contributed by atoms with van der Waals surface area (Å²) >= 11 is 1.60. The van der Waals surface area contributed by atoms with E-state index < -0.39 is 12.1 Å². The Hall–Kier alpha value is -2.98. The molecule has 1 N–H and O–H groups in total. The number of benzene rings is 1. The number of likely N-dealkylation sites (tertiary alicyclic amines) is 1. The lowest BCUT2D eigenvalue weighted by molar-refractivity contribution is -0.145. The Morgan fingerprint density at radius 2 is 1.80 bits per heavy atom. The van der Waals surface area contributed by atoms with Gasteiger partial charge in [0.1, 0.15) is 24.4 Å². The molecule has 0 bridgehead atoms. The summed E-state index contributed by atoms with van der Waals surface area (Å²) in [5.41, 5.74) is 0.336. The molecule has 0 radical (unpaired) electrons. The molecule has 1 aromatic heterocycles. The van der Waals surface area contributed by atoms with Crippen LogP contribution in [0.1, 0.15) is 74.1 Å². The molecule has 2 atom stereocenters. The zero-order valence-electron chi connectivity index (χ0n) is 25.3. The zero-order valence-corrected chi connectivity index (χ0v) is 26.1. The van der Waals surface area contributed by atoms with Gasteiger partial charge in [0.05, 0.1) is 15.4 Å². The highest BCUT2D eigenvalue weighted by atomic mass is 32.1. The maximum absolute atomic E-state index is 13.9. The summed E-state index contributed by atoms with van der Waals surface area (Å²) in [4.78, 5) is 52.1. The summed E-state index contributed by atoms with van der Waals surface area (Å²) in [5.74, 6) is 0.106. The van der Waals surface area contributed by atoms with Crippen LogP contribution in [-0.4, -0.2) is 89.3 Å². The third kappa shape index (κ3) is 7.86. The van der Waals surface area contributed by atoms with Crippen LogP contribution in [0.4, 0.5) is 0 Å². The van der Waals surface area contributed by atoms with Crippen molar-refractivity contribution in [2.45, 2.75) is 78.0 Å². The fraction of sp³-hybridized carbons (Fsp3) is 0.613. The molecule has 224 valence electrons. The van der Waals surface area contributed by atoms with Crippen LogP contribution < -0.4 is 10.1 Å². The smallest absolute Gasteiger partial charge is 0.255 e. The number of aromatic nitrogens is 1. The predicted molar refractivity (Wildman–Crippen MR) is 161 cm³/mol. The Morgan fingerprint density at radius 3 is 2.46 bits per heavy atom. The lowest BCUT2D eigenvalue weighted by Gasteiger charge is -2.36. The number of ether oxygens (including phenoxy) is 1. The number of hydrogen-bond acceptors (Lipinski definition) is 7. The maximum atomic E-state index is 13.9. The quantitative estimate of drug-likeness (QED) is 0.481. The van der Waals surface area contributed by atoms with Gasteiger partial charge in [0.15, 0.2) is 0 Å². The van der Waals surface area contributed by atoms with Crippen molar-refractivity contribution >= 4 is 29.1 Å². The average molecular weight is 584 g/mol. The van der Waals surface area contributed by atoms with Gasteiger partial charge in [0.25, 0.3) is 5.91 Å². The largest absolute Gasteiger partial charge is 0.487 e. The van der Waals surface area contributed by atoms with Crippen LogP contribution in [0.3, 0.4) is 0 Å². The highest BCUT2D eigenvalue weighted by Gasteiger charge is 2.40. The summed E-state index contributed by atoms with van der Waals surface area (Å²) in [6.45, 7) is 14.3. The van der Waals surface area contributed by atoms with Gasteiger partial charge in [0.2, 0.25) is 11.8 Å². The first kappa shape index (κ1) is 31.0. The highest BCUT2D eigenvalue weighted by Crippen LogP contribution is 2.28. The first-order valence-corrected chi connectivity index (χ1v) is 15.5. The van der Waals surface area contributed by atoms with Crippen molar-refractivity contribution in [2.75, 3.05) is 39.8 Å². The number of thiazole rings is 1. The second-order valence-electron chi connectivity index (χ2n) is 12.6. The van der Waals surface area contributed by atoms with E-state index in [4.69, 9.17) is 4.74 Å². The molecule has 41 heavy (non-hydrogen) atoms. The lowest BCUT2D eigenvalue weighted by atomic mass is 9.98. The van der Waals surface area contributed by atoms with Crippen LogP contribution in [0.5, 0.6) is 5.75 Å². The van der Waals surface area contributed by atoms with Gasteiger partial charge in [-0.25, -0.2) is 4.98 Å². The minimum absolute atomic E-state index is 0.0232. The number of rotatable bonds is 9. The van der Waals surface area contributed by atoms with Gasteiger partial charge < -0.3 is 24.8 Å². The number of para-hydroxylation sites is 1. The Morgan fingerprint density at radius 1 is 1.10 bits per heavy atom. The monoisotopic (exact) mass is 583 g/mol. The minimum atomic E-state index is -0.729. The molecule has 2 saturated heterocycles. The number of amides is 3. The van der Waals surface area contributed by atoms with E-state index >= 15 is 0 Å². The second kappa shape index (κ2) is 13.3. The van der Waals surface area contributed by atoms with Gasteiger partial charge in [-0.05, 0) is 44.4 Å². The number of hydrogen-bond donors (Lipinski definition) is 1. The number of piperazine rings is 1. The standard InChI is InChI=1S/C31H45N5O4S/c1-21(2)18-24(28(38)36-13-9-11-25(36)29(39)35-16-14-34(6)15-17-35)33-27(37)23-10-7-8-12-26(23)40-20-22-19-32-30(41-22)31(3,4)5/h7-8,10,12,19,21,24-25H,9,11,13-18,20H2,1-6H3,(H,33,37)/t24-,25-/m1/s1. The summed E-state index contributed by atoms with van der Waals surface area (Å²) in [6.07, 6.45) is 3.74. The highest BCUT2D eigenvalue weighted by molar-refractivity contribution is 7.11. The molecule has 3 amide bonds. The number of nitrogens with zero attached hydrogens (tertiary/aromatic N) is 4. The molecule has 0 aliphatic carbocycles. The van der Waals surface area contributed by atoms with Crippen molar-refractivity contribution in [3.63, 3.8) is 0 Å². The topological polar surface area (TPSA) is 95.1 Å². The Labute approximate surface area is 248 Å². The second-order valence-corrected chi connectivity index (χ2v) is 13.8. The molecular weight excluding hydrogens is 538 g/mol. The van der Waals surface area contributed by atoms with Gasteiger partial charge in [-0.15, -0.1) is 11.3 Å². The summed E-state index contributed by atoms with van der Waals surface area (Å²) < 4.78 is 6.08. The van der Waals surface area contributed by atoms with Crippen LogP contribution in [0.15, 0.2) is 30.5 Å². The number of carbonyl (C=O) groups is 3. The van der Waals surface area contributed by atoms with E-state index in [0.717, 1.165) is 29.4 Å². The molecule has 4 rings (SSSR count). The molecule has 2 aliphatic rings.